The maximum Gasteiger partial charge on any atom is 0.0494 e. The highest BCUT2D eigenvalue weighted by Gasteiger charge is 2.43. The lowest BCUT2D eigenvalue weighted by molar-refractivity contribution is 0.0377. The minimum atomic E-state index is 0.657. The van der Waals surface area contributed by atoms with Gasteiger partial charge in [0.05, 0.1) is 0 Å². The number of likely N-dealkylation sites (tertiary alicyclic amines) is 2. The summed E-state index contributed by atoms with van der Waals surface area (Å²) < 4.78 is 5.54. The van der Waals surface area contributed by atoms with Crippen molar-refractivity contribution in [3.63, 3.8) is 0 Å². The Hall–Kier alpha value is -0.120. The molecule has 0 bridgehead atoms. The van der Waals surface area contributed by atoms with Gasteiger partial charge in [-0.15, -0.1) is 0 Å². The summed E-state index contributed by atoms with van der Waals surface area (Å²) in [7, 11) is 0. The molecule has 3 aliphatic rings. The van der Waals surface area contributed by atoms with E-state index in [1.165, 1.54) is 65.0 Å². The van der Waals surface area contributed by atoms with Crippen LogP contribution in [0.4, 0.5) is 0 Å². The van der Waals surface area contributed by atoms with E-state index in [2.05, 4.69) is 23.6 Å². The Labute approximate surface area is 124 Å². The Kier molecular flexibility index (Phi) is 4.68. The normalized spacial score (nSPS) is 38.7. The molecule has 3 nitrogen and oxygen atoms in total. The molecular formula is C17H32N2O. The quantitative estimate of drug-likeness (QED) is 0.743. The van der Waals surface area contributed by atoms with E-state index in [1.54, 1.807) is 0 Å². The molecule has 3 heteroatoms. The van der Waals surface area contributed by atoms with Crippen molar-refractivity contribution in [1.29, 1.82) is 0 Å². The van der Waals surface area contributed by atoms with Crippen molar-refractivity contribution in [2.24, 2.45) is 17.3 Å². The van der Waals surface area contributed by atoms with E-state index in [0.717, 1.165) is 25.0 Å². The van der Waals surface area contributed by atoms with Gasteiger partial charge in [-0.3, -0.25) is 0 Å². The lowest BCUT2D eigenvalue weighted by Gasteiger charge is -2.38. The lowest BCUT2D eigenvalue weighted by atomic mass is 9.75. The van der Waals surface area contributed by atoms with Crippen molar-refractivity contribution in [2.45, 2.75) is 39.5 Å². The topological polar surface area (TPSA) is 15.7 Å². The predicted octanol–water partition coefficient (Wildman–Crippen LogP) is 2.47. The molecular weight excluding hydrogens is 248 g/mol. The predicted molar refractivity (Wildman–Crippen MR) is 82.9 cm³/mol. The molecule has 1 atom stereocenters. The molecule has 116 valence electrons. The highest BCUT2D eigenvalue weighted by Crippen LogP contribution is 2.41. The largest absolute Gasteiger partial charge is 0.381 e. The average Bonchev–Trinajstić information content (AvgIpc) is 3.00. The van der Waals surface area contributed by atoms with E-state index < -0.39 is 0 Å². The van der Waals surface area contributed by atoms with Gasteiger partial charge >= 0.3 is 0 Å². The monoisotopic (exact) mass is 280 g/mol. The Morgan fingerprint density at radius 2 is 1.70 bits per heavy atom. The second-order valence-electron chi connectivity index (χ2n) is 7.47. The van der Waals surface area contributed by atoms with Gasteiger partial charge in [0, 0.05) is 32.8 Å². The number of hydrogen-bond acceptors (Lipinski definition) is 3. The second kappa shape index (κ2) is 6.33. The summed E-state index contributed by atoms with van der Waals surface area (Å²) in [4.78, 5) is 5.41. The standard InChI is InChI=1S/C17H32N2O/c1-3-18-7-5-17(13-18)6-8-19(14-17)11-15-9-16(10-15)12-20-4-2/h15-16H,3-14H2,1-2H3. The van der Waals surface area contributed by atoms with Crippen molar-refractivity contribution >= 4 is 0 Å². The average molecular weight is 280 g/mol. The maximum atomic E-state index is 5.54. The molecule has 2 aliphatic heterocycles. The van der Waals surface area contributed by atoms with Crippen LogP contribution in [0, 0.1) is 17.3 Å². The van der Waals surface area contributed by atoms with E-state index >= 15 is 0 Å². The fourth-order valence-electron chi connectivity index (χ4n) is 4.62. The molecule has 0 aromatic rings. The second-order valence-corrected chi connectivity index (χ2v) is 7.47. The van der Waals surface area contributed by atoms with Crippen molar-refractivity contribution in [3.05, 3.63) is 0 Å². The van der Waals surface area contributed by atoms with Gasteiger partial charge in [-0.25, -0.2) is 0 Å². The molecule has 0 amide bonds. The fourth-order valence-corrected chi connectivity index (χ4v) is 4.62. The van der Waals surface area contributed by atoms with E-state index in [0.29, 0.717) is 5.41 Å². The molecule has 0 N–H and O–H groups in total. The fraction of sp³-hybridized carbons (Fsp3) is 1.00. The van der Waals surface area contributed by atoms with Gasteiger partial charge < -0.3 is 14.5 Å². The van der Waals surface area contributed by atoms with Crippen molar-refractivity contribution < 1.29 is 4.74 Å². The van der Waals surface area contributed by atoms with Crippen molar-refractivity contribution in [1.82, 2.24) is 9.80 Å². The molecule has 2 heterocycles. The third-order valence-electron chi connectivity index (χ3n) is 5.89. The Bertz CT molecular complexity index is 316. The van der Waals surface area contributed by atoms with Crippen LogP contribution in [0.2, 0.25) is 0 Å². The first-order valence-electron chi connectivity index (χ1n) is 8.75. The van der Waals surface area contributed by atoms with Crippen LogP contribution in [-0.2, 0) is 4.74 Å². The summed E-state index contributed by atoms with van der Waals surface area (Å²) in [5.74, 6) is 1.82. The number of hydrogen-bond donors (Lipinski definition) is 0. The highest BCUT2D eigenvalue weighted by atomic mass is 16.5. The van der Waals surface area contributed by atoms with Crippen LogP contribution in [0.5, 0.6) is 0 Å². The first kappa shape index (κ1) is 14.8. The molecule has 1 unspecified atom stereocenters. The minimum absolute atomic E-state index is 0.657. The van der Waals surface area contributed by atoms with Gasteiger partial charge in [0.25, 0.3) is 0 Å². The first-order valence-corrected chi connectivity index (χ1v) is 8.75. The minimum Gasteiger partial charge on any atom is -0.381 e. The molecule has 1 saturated carbocycles. The molecule has 0 radical (unpaired) electrons. The van der Waals surface area contributed by atoms with Crippen molar-refractivity contribution in [2.75, 3.05) is 52.5 Å². The van der Waals surface area contributed by atoms with Gasteiger partial charge in [-0.1, -0.05) is 6.92 Å². The van der Waals surface area contributed by atoms with E-state index in [9.17, 15) is 0 Å². The van der Waals surface area contributed by atoms with Crippen LogP contribution in [0.3, 0.4) is 0 Å². The summed E-state index contributed by atoms with van der Waals surface area (Å²) in [5.41, 5.74) is 0.657. The zero-order valence-corrected chi connectivity index (χ0v) is 13.4. The van der Waals surface area contributed by atoms with Crippen LogP contribution in [-0.4, -0.2) is 62.3 Å². The summed E-state index contributed by atoms with van der Waals surface area (Å²) in [6.07, 6.45) is 5.70. The zero-order valence-electron chi connectivity index (χ0n) is 13.4. The summed E-state index contributed by atoms with van der Waals surface area (Å²) in [5, 5.41) is 0. The summed E-state index contributed by atoms with van der Waals surface area (Å²) >= 11 is 0. The van der Waals surface area contributed by atoms with Crippen LogP contribution in [0.15, 0.2) is 0 Å². The lowest BCUT2D eigenvalue weighted by Crippen LogP contribution is -2.38. The molecule has 0 aromatic carbocycles. The Morgan fingerprint density at radius 1 is 1.00 bits per heavy atom. The van der Waals surface area contributed by atoms with Gasteiger partial charge in [0.1, 0.15) is 0 Å². The molecule has 1 spiro atoms. The zero-order chi connectivity index (χ0) is 14.0. The molecule has 2 saturated heterocycles. The third kappa shape index (κ3) is 3.20. The highest BCUT2D eigenvalue weighted by molar-refractivity contribution is 4.97. The maximum absolute atomic E-state index is 5.54. The van der Waals surface area contributed by atoms with Gasteiger partial charge in [-0.05, 0) is 69.5 Å². The molecule has 0 aromatic heterocycles. The SMILES string of the molecule is CCOCC1CC(CN2CCC3(CCN(CC)C3)C2)C1. The van der Waals surface area contributed by atoms with Gasteiger partial charge in [0.2, 0.25) is 0 Å². The number of rotatable bonds is 6. The van der Waals surface area contributed by atoms with Crippen LogP contribution >= 0.6 is 0 Å². The van der Waals surface area contributed by atoms with Crippen LogP contribution in [0.1, 0.15) is 39.5 Å². The van der Waals surface area contributed by atoms with Crippen LogP contribution < -0.4 is 0 Å². The smallest absolute Gasteiger partial charge is 0.0494 e. The summed E-state index contributed by atoms with van der Waals surface area (Å²) in [6.45, 7) is 14.3. The molecule has 1 aliphatic carbocycles. The van der Waals surface area contributed by atoms with E-state index in [4.69, 9.17) is 4.74 Å². The van der Waals surface area contributed by atoms with Gasteiger partial charge in [0.15, 0.2) is 0 Å². The Morgan fingerprint density at radius 3 is 2.35 bits per heavy atom. The first-order chi connectivity index (χ1) is 9.73. The van der Waals surface area contributed by atoms with Crippen LogP contribution in [0.25, 0.3) is 0 Å². The van der Waals surface area contributed by atoms with E-state index in [1.807, 2.05) is 0 Å². The van der Waals surface area contributed by atoms with Gasteiger partial charge in [-0.2, -0.15) is 0 Å². The van der Waals surface area contributed by atoms with Crippen molar-refractivity contribution in [3.8, 4) is 0 Å². The number of ether oxygens (including phenoxy) is 1. The third-order valence-corrected chi connectivity index (χ3v) is 5.89. The van der Waals surface area contributed by atoms with E-state index in [-0.39, 0.29) is 0 Å². The molecule has 3 rings (SSSR count). The number of nitrogens with zero attached hydrogens (tertiary/aromatic N) is 2. The Balaban J connectivity index is 1.37. The molecule has 20 heavy (non-hydrogen) atoms. The molecule has 3 fully saturated rings. The summed E-state index contributed by atoms with van der Waals surface area (Å²) in [6, 6.07) is 0.